The van der Waals surface area contributed by atoms with Gasteiger partial charge in [-0.3, -0.25) is 4.40 Å². The van der Waals surface area contributed by atoms with E-state index in [1.54, 1.807) is 6.20 Å². The molecule has 0 saturated carbocycles. The number of nitrogens with zero attached hydrogens (tertiary/aromatic N) is 4. The quantitative estimate of drug-likeness (QED) is 0.705. The Labute approximate surface area is 82.2 Å². The van der Waals surface area contributed by atoms with Crippen molar-refractivity contribution in [1.29, 1.82) is 0 Å². The average molecular weight is 191 g/mol. The number of fused-ring (bicyclic) bond motifs is 1. The van der Waals surface area contributed by atoms with Crippen molar-refractivity contribution in [3.8, 4) is 0 Å². The Hall–Kier alpha value is -1.49. The Bertz CT molecular complexity index is 408. The van der Waals surface area contributed by atoms with Gasteiger partial charge in [-0.2, -0.15) is 0 Å². The molecule has 0 radical (unpaired) electrons. The Kier molecular flexibility index (Phi) is 2.69. The van der Waals surface area contributed by atoms with Crippen LogP contribution in [0.15, 0.2) is 18.5 Å². The summed E-state index contributed by atoms with van der Waals surface area (Å²) in [5.41, 5.74) is 0. The van der Waals surface area contributed by atoms with E-state index in [2.05, 4.69) is 27.4 Å². The molecule has 5 heteroatoms. The van der Waals surface area contributed by atoms with Crippen LogP contribution in [0.25, 0.3) is 5.78 Å². The predicted molar refractivity (Wildman–Crippen MR) is 53.0 cm³/mol. The molecule has 2 rings (SSSR count). The summed E-state index contributed by atoms with van der Waals surface area (Å²) in [6.07, 6.45) is 4.53. The Morgan fingerprint density at radius 1 is 1.43 bits per heavy atom. The second kappa shape index (κ2) is 4.15. The zero-order valence-electron chi connectivity index (χ0n) is 8.14. The molecule has 0 saturated heterocycles. The summed E-state index contributed by atoms with van der Waals surface area (Å²) in [5.74, 6) is 1.62. The number of aromatic nitrogens is 4. The van der Waals surface area contributed by atoms with E-state index in [4.69, 9.17) is 0 Å². The highest BCUT2D eigenvalue weighted by Gasteiger charge is 2.03. The van der Waals surface area contributed by atoms with Gasteiger partial charge in [0.15, 0.2) is 0 Å². The SMILES string of the molecule is CCNCCc1nnc2ncccn12. The Morgan fingerprint density at radius 3 is 3.21 bits per heavy atom. The van der Waals surface area contributed by atoms with Crippen molar-refractivity contribution >= 4 is 5.78 Å². The first-order valence-corrected chi connectivity index (χ1v) is 4.77. The fraction of sp³-hybridized carbons (Fsp3) is 0.444. The number of hydrogen-bond donors (Lipinski definition) is 1. The molecule has 14 heavy (non-hydrogen) atoms. The minimum atomic E-state index is 0.666. The van der Waals surface area contributed by atoms with Gasteiger partial charge < -0.3 is 5.32 Å². The van der Waals surface area contributed by atoms with Gasteiger partial charge in [0.25, 0.3) is 5.78 Å². The third-order valence-electron chi connectivity index (χ3n) is 2.04. The highest BCUT2D eigenvalue weighted by Crippen LogP contribution is 1.99. The van der Waals surface area contributed by atoms with Gasteiger partial charge in [0.05, 0.1) is 0 Å². The van der Waals surface area contributed by atoms with Crippen LogP contribution in [-0.2, 0) is 6.42 Å². The standard InChI is InChI=1S/C9H13N5/c1-2-10-6-4-8-12-13-9-11-5-3-7-14(8)9/h3,5,7,10H,2,4,6H2,1H3. The Balaban J connectivity index is 2.17. The molecule has 0 aromatic carbocycles. The molecule has 0 bridgehead atoms. The summed E-state index contributed by atoms with van der Waals surface area (Å²) in [5, 5.41) is 11.3. The summed E-state index contributed by atoms with van der Waals surface area (Å²) in [6.45, 7) is 3.99. The topological polar surface area (TPSA) is 55.1 Å². The first-order valence-electron chi connectivity index (χ1n) is 4.77. The second-order valence-electron chi connectivity index (χ2n) is 3.01. The van der Waals surface area contributed by atoms with Crippen LogP contribution in [0.5, 0.6) is 0 Å². The molecular formula is C9H13N5. The van der Waals surface area contributed by atoms with Crippen molar-refractivity contribution in [3.05, 3.63) is 24.3 Å². The van der Waals surface area contributed by atoms with Crippen LogP contribution < -0.4 is 5.32 Å². The van der Waals surface area contributed by atoms with Crippen molar-refractivity contribution in [2.75, 3.05) is 13.1 Å². The number of likely N-dealkylation sites (N-methyl/N-ethyl adjacent to an activating group) is 1. The van der Waals surface area contributed by atoms with Crippen LogP contribution in [0.4, 0.5) is 0 Å². The zero-order chi connectivity index (χ0) is 9.80. The van der Waals surface area contributed by atoms with Gasteiger partial charge in [-0.05, 0) is 12.6 Å². The molecule has 0 fully saturated rings. The highest BCUT2D eigenvalue weighted by atomic mass is 15.3. The van der Waals surface area contributed by atoms with E-state index in [0.29, 0.717) is 5.78 Å². The van der Waals surface area contributed by atoms with Crippen molar-refractivity contribution < 1.29 is 0 Å². The minimum absolute atomic E-state index is 0.666. The molecule has 1 N–H and O–H groups in total. The van der Waals surface area contributed by atoms with Crippen LogP contribution in [-0.4, -0.2) is 32.7 Å². The first-order chi connectivity index (χ1) is 6.92. The summed E-state index contributed by atoms with van der Waals surface area (Å²) in [4.78, 5) is 4.10. The molecule has 0 atom stereocenters. The van der Waals surface area contributed by atoms with Gasteiger partial charge in [0.1, 0.15) is 5.82 Å². The molecule has 74 valence electrons. The van der Waals surface area contributed by atoms with E-state index < -0.39 is 0 Å². The maximum Gasteiger partial charge on any atom is 0.254 e. The van der Waals surface area contributed by atoms with Gasteiger partial charge in [0, 0.05) is 25.4 Å². The van der Waals surface area contributed by atoms with Crippen molar-refractivity contribution in [1.82, 2.24) is 24.9 Å². The van der Waals surface area contributed by atoms with Gasteiger partial charge in [-0.15, -0.1) is 10.2 Å². The highest BCUT2D eigenvalue weighted by molar-refractivity contribution is 5.26. The van der Waals surface area contributed by atoms with Crippen LogP contribution in [0.1, 0.15) is 12.7 Å². The molecular weight excluding hydrogens is 178 g/mol. The van der Waals surface area contributed by atoms with Crippen molar-refractivity contribution in [3.63, 3.8) is 0 Å². The molecule has 2 heterocycles. The maximum absolute atomic E-state index is 4.10. The Morgan fingerprint density at radius 2 is 2.36 bits per heavy atom. The average Bonchev–Trinajstić information content (AvgIpc) is 2.63. The zero-order valence-corrected chi connectivity index (χ0v) is 8.14. The molecule has 2 aromatic heterocycles. The van der Waals surface area contributed by atoms with Crippen molar-refractivity contribution in [2.45, 2.75) is 13.3 Å². The lowest BCUT2D eigenvalue weighted by Gasteiger charge is -1.99. The van der Waals surface area contributed by atoms with E-state index in [1.807, 2.05) is 16.7 Å². The van der Waals surface area contributed by atoms with E-state index in [0.717, 1.165) is 25.3 Å². The monoisotopic (exact) mass is 191 g/mol. The molecule has 0 aliphatic rings. The lowest BCUT2D eigenvalue weighted by atomic mass is 10.4. The van der Waals surface area contributed by atoms with Gasteiger partial charge in [0.2, 0.25) is 0 Å². The molecule has 0 unspecified atom stereocenters. The number of rotatable bonds is 4. The van der Waals surface area contributed by atoms with Crippen LogP contribution in [0.2, 0.25) is 0 Å². The van der Waals surface area contributed by atoms with Gasteiger partial charge in [-0.25, -0.2) is 4.98 Å². The summed E-state index contributed by atoms with van der Waals surface area (Å²) in [6, 6.07) is 1.88. The number of hydrogen-bond acceptors (Lipinski definition) is 4. The summed E-state index contributed by atoms with van der Waals surface area (Å²) >= 11 is 0. The van der Waals surface area contributed by atoms with E-state index in [-0.39, 0.29) is 0 Å². The maximum atomic E-state index is 4.10. The normalized spacial score (nSPS) is 10.9. The minimum Gasteiger partial charge on any atom is -0.317 e. The smallest absolute Gasteiger partial charge is 0.254 e. The lowest BCUT2D eigenvalue weighted by molar-refractivity contribution is 0.691. The molecule has 0 aliphatic heterocycles. The van der Waals surface area contributed by atoms with Crippen LogP contribution in [0, 0.1) is 0 Å². The summed E-state index contributed by atoms with van der Waals surface area (Å²) in [7, 11) is 0. The molecule has 0 spiro atoms. The first kappa shape index (κ1) is 9.08. The largest absolute Gasteiger partial charge is 0.317 e. The van der Waals surface area contributed by atoms with E-state index in [1.165, 1.54) is 0 Å². The predicted octanol–water partition coefficient (Wildman–Crippen LogP) is 0.276. The van der Waals surface area contributed by atoms with Crippen molar-refractivity contribution in [2.24, 2.45) is 0 Å². The van der Waals surface area contributed by atoms with Crippen LogP contribution >= 0.6 is 0 Å². The number of nitrogens with one attached hydrogen (secondary N) is 1. The third-order valence-corrected chi connectivity index (χ3v) is 2.04. The molecule has 0 aliphatic carbocycles. The van der Waals surface area contributed by atoms with E-state index >= 15 is 0 Å². The third kappa shape index (κ3) is 1.72. The molecule has 5 nitrogen and oxygen atoms in total. The fourth-order valence-electron chi connectivity index (χ4n) is 1.34. The second-order valence-corrected chi connectivity index (χ2v) is 3.01. The van der Waals surface area contributed by atoms with Gasteiger partial charge in [-0.1, -0.05) is 6.92 Å². The lowest BCUT2D eigenvalue weighted by Crippen LogP contribution is -2.17. The molecule has 0 amide bonds. The van der Waals surface area contributed by atoms with Crippen LogP contribution in [0.3, 0.4) is 0 Å². The fourth-order valence-corrected chi connectivity index (χ4v) is 1.34. The van der Waals surface area contributed by atoms with E-state index in [9.17, 15) is 0 Å². The molecule has 2 aromatic rings. The van der Waals surface area contributed by atoms with Gasteiger partial charge >= 0.3 is 0 Å². The summed E-state index contributed by atoms with van der Waals surface area (Å²) < 4.78 is 1.91.